The number of esters is 2. The third-order valence-corrected chi connectivity index (χ3v) is 10.4. The van der Waals surface area contributed by atoms with Gasteiger partial charge in [0.05, 0.1) is 18.2 Å². The molecule has 0 bridgehead atoms. The summed E-state index contributed by atoms with van der Waals surface area (Å²) in [5, 5.41) is 3.79. The Kier molecular flexibility index (Phi) is 15.0. The number of alkyl halides is 1. The van der Waals surface area contributed by atoms with Gasteiger partial charge in [0.2, 0.25) is 6.36 Å². The normalized spacial score (nSPS) is 15.4. The SMILES string of the molecule is COCCOc1cc([C@H](Cc2c(C)cncc2Cl)OC(=O)c2ccc(CNC(C(=O)OCC3CCN(C)CC3)c3ccccc3)s2)ccc1OC(C)F. The van der Waals surface area contributed by atoms with Crippen LogP contribution in [0, 0.1) is 12.8 Å². The predicted octanol–water partition coefficient (Wildman–Crippen LogP) is 7.68. The number of hydrogen-bond acceptors (Lipinski definition) is 11. The predicted molar refractivity (Wildman–Crippen MR) is 202 cm³/mol. The average molecular weight is 768 g/mol. The number of methoxy groups -OCH3 is 1. The number of ether oxygens (including phenoxy) is 5. The van der Waals surface area contributed by atoms with Gasteiger partial charge in [-0.25, -0.2) is 14.0 Å². The van der Waals surface area contributed by atoms with Gasteiger partial charge in [-0.05, 0) is 92.3 Å². The molecule has 284 valence electrons. The van der Waals surface area contributed by atoms with Gasteiger partial charge in [0.25, 0.3) is 0 Å². The summed E-state index contributed by atoms with van der Waals surface area (Å²) < 4.78 is 42.2. The number of piperidine rings is 1. The van der Waals surface area contributed by atoms with Crippen molar-refractivity contribution in [3.05, 3.63) is 110 Å². The number of hydrogen-bond donors (Lipinski definition) is 1. The van der Waals surface area contributed by atoms with Crippen LogP contribution < -0.4 is 14.8 Å². The van der Waals surface area contributed by atoms with Gasteiger partial charge in [0.15, 0.2) is 11.5 Å². The van der Waals surface area contributed by atoms with Crippen molar-refractivity contribution in [2.75, 3.05) is 47.1 Å². The number of halogens is 2. The Morgan fingerprint density at radius 1 is 1.04 bits per heavy atom. The lowest BCUT2D eigenvalue weighted by atomic mass is 9.98. The molecule has 1 saturated heterocycles. The summed E-state index contributed by atoms with van der Waals surface area (Å²) in [5.74, 6) is -0.0319. The number of aromatic nitrogens is 1. The van der Waals surface area contributed by atoms with Crippen LogP contribution in [0.1, 0.15) is 68.7 Å². The van der Waals surface area contributed by atoms with Crippen molar-refractivity contribution in [3.63, 3.8) is 0 Å². The summed E-state index contributed by atoms with van der Waals surface area (Å²) in [6, 6.07) is 17.3. The Balaban J connectivity index is 1.31. The Bertz CT molecular complexity index is 1760. The number of nitrogens with zero attached hydrogens (tertiary/aromatic N) is 2. The number of carbonyl (C=O) groups excluding carboxylic acids is 2. The highest BCUT2D eigenvalue weighted by atomic mass is 35.5. The number of nitrogens with one attached hydrogen (secondary N) is 1. The highest BCUT2D eigenvalue weighted by molar-refractivity contribution is 7.13. The summed E-state index contributed by atoms with van der Waals surface area (Å²) in [6.07, 6.45) is 3.12. The van der Waals surface area contributed by atoms with Gasteiger partial charge in [-0.3, -0.25) is 10.3 Å². The summed E-state index contributed by atoms with van der Waals surface area (Å²) in [6.45, 7) is 6.38. The van der Waals surface area contributed by atoms with Crippen LogP contribution in [0.5, 0.6) is 11.5 Å². The maximum atomic E-state index is 13.9. The minimum absolute atomic E-state index is 0.198. The van der Waals surface area contributed by atoms with E-state index in [-0.39, 0.29) is 30.5 Å². The van der Waals surface area contributed by atoms with Crippen molar-refractivity contribution in [1.29, 1.82) is 0 Å². The van der Waals surface area contributed by atoms with Gasteiger partial charge in [0.1, 0.15) is 23.6 Å². The van der Waals surface area contributed by atoms with Crippen molar-refractivity contribution in [3.8, 4) is 11.5 Å². The molecule has 1 aliphatic rings. The minimum Gasteiger partial charge on any atom is -0.487 e. The molecule has 1 N–H and O–H groups in total. The maximum absolute atomic E-state index is 13.9. The third-order valence-electron chi connectivity index (χ3n) is 9.04. The first kappa shape index (κ1) is 40.1. The maximum Gasteiger partial charge on any atom is 0.348 e. The fourth-order valence-corrected chi connectivity index (χ4v) is 7.17. The van der Waals surface area contributed by atoms with Crippen LogP contribution in [0.25, 0.3) is 0 Å². The summed E-state index contributed by atoms with van der Waals surface area (Å²) in [5.41, 5.74) is 3.00. The number of carbonyl (C=O) groups is 2. The van der Waals surface area contributed by atoms with Crippen molar-refractivity contribution in [1.82, 2.24) is 15.2 Å². The van der Waals surface area contributed by atoms with Crippen molar-refractivity contribution >= 4 is 34.9 Å². The first-order valence-electron chi connectivity index (χ1n) is 17.7. The van der Waals surface area contributed by atoms with Crippen LogP contribution in [-0.4, -0.2) is 75.2 Å². The molecule has 13 heteroatoms. The molecule has 2 aromatic heterocycles. The highest BCUT2D eigenvalue weighted by Crippen LogP contribution is 2.36. The van der Waals surface area contributed by atoms with Crippen molar-refractivity contribution in [2.45, 2.75) is 58.2 Å². The quantitative estimate of drug-likeness (QED) is 0.0801. The number of benzene rings is 2. The second-order valence-corrected chi connectivity index (χ2v) is 14.7. The van der Waals surface area contributed by atoms with Crippen molar-refractivity contribution in [2.24, 2.45) is 5.92 Å². The Morgan fingerprint density at radius 3 is 2.53 bits per heavy atom. The molecule has 3 atom stereocenters. The second-order valence-electron chi connectivity index (χ2n) is 13.1. The van der Waals surface area contributed by atoms with Gasteiger partial charge in [0, 0.05) is 44.3 Å². The van der Waals surface area contributed by atoms with E-state index in [4.69, 9.17) is 35.3 Å². The molecule has 53 heavy (non-hydrogen) atoms. The molecule has 4 aromatic rings. The Hall–Kier alpha value is -4.07. The molecular weight excluding hydrogens is 721 g/mol. The van der Waals surface area contributed by atoms with E-state index in [0.717, 1.165) is 47.5 Å². The average Bonchev–Trinajstić information content (AvgIpc) is 3.63. The summed E-state index contributed by atoms with van der Waals surface area (Å²) >= 11 is 7.84. The van der Waals surface area contributed by atoms with E-state index in [2.05, 4.69) is 22.2 Å². The smallest absolute Gasteiger partial charge is 0.348 e. The zero-order chi connectivity index (χ0) is 37.7. The zero-order valence-corrected chi connectivity index (χ0v) is 32.1. The number of thiophene rings is 1. The summed E-state index contributed by atoms with van der Waals surface area (Å²) in [7, 11) is 3.66. The monoisotopic (exact) mass is 767 g/mol. The van der Waals surface area contributed by atoms with E-state index in [1.54, 1.807) is 43.8 Å². The van der Waals surface area contributed by atoms with Crippen LogP contribution in [0.15, 0.2) is 73.1 Å². The molecule has 3 heterocycles. The number of rotatable bonds is 18. The lowest BCUT2D eigenvalue weighted by Gasteiger charge is -2.29. The molecule has 1 aliphatic heterocycles. The number of aryl methyl sites for hydroxylation is 1. The molecule has 1 fully saturated rings. The van der Waals surface area contributed by atoms with Gasteiger partial charge in [-0.15, -0.1) is 11.3 Å². The van der Waals surface area contributed by atoms with Crippen LogP contribution in [0.3, 0.4) is 0 Å². The van der Waals surface area contributed by atoms with E-state index in [1.165, 1.54) is 18.3 Å². The molecule has 0 saturated carbocycles. The standard InChI is InChI=1S/C40H47ClFN3O7S/c1-26-22-43-24-33(41)32(26)21-35(30-10-12-34(51-27(2)42)36(20-30)49-19-18-48-4)52-39(46)37-13-11-31(53-37)23-44-38(29-8-6-5-7-9-29)40(47)50-25-28-14-16-45(3)17-15-28/h5-13,20,22,24,27-28,35,38,44H,14-19,21,23,25H2,1-4H3/t27?,35-,38?/m0/s1. The van der Waals surface area contributed by atoms with Gasteiger partial charge in [-0.2, -0.15) is 0 Å². The van der Waals surface area contributed by atoms with Crippen LogP contribution in [-0.2, 0) is 32.0 Å². The van der Waals surface area contributed by atoms with E-state index >= 15 is 0 Å². The van der Waals surface area contributed by atoms with E-state index in [1.807, 2.05) is 43.3 Å². The Morgan fingerprint density at radius 2 is 1.81 bits per heavy atom. The molecule has 0 aliphatic carbocycles. The molecule has 0 radical (unpaired) electrons. The van der Waals surface area contributed by atoms with Crippen LogP contribution in [0.2, 0.25) is 5.02 Å². The van der Waals surface area contributed by atoms with Crippen molar-refractivity contribution < 1.29 is 37.7 Å². The zero-order valence-electron chi connectivity index (χ0n) is 30.5. The van der Waals surface area contributed by atoms with Gasteiger partial charge in [-0.1, -0.05) is 48.0 Å². The lowest BCUT2D eigenvalue weighted by molar-refractivity contribution is -0.148. The van der Waals surface area contributed by atoms with E-state index in [9.17, 15) is 14.0 Å². The fourth-order valence-electron chi connectivity index (χ4n) is 6.04. The van der Waals surface area contributed by atoms with E-state index in [0.29, 0.717) is 41.1 Å². The largest absolute Gasteiger partial charge is 0.487 e. The fraction of sp³-hybridized carbons (Fsp3) is 0.425. The number of likely N-dealkylation sites (tertiary alicyclic amines) is 1. The number of pyridine rings is 1. The van der Waals surface area contributed by atoms with E-state index < -0.39 is 24.5 Å². The highest BCUT2D eigenvalue weighted by Gasteiger charge is 2.27. The van der Waals surface area contributed by atoms with Crippen LogP contribution >= 0.6 is 22.9 Å². The summed E-state index contributed by atoms with van der Waals surface area (Å²) in [4.78, 5) is 34.8. The van der Waals surface area contributed by atoms with Crippen LogP contribution in [0.4, 0.5) is 4.39 Å². The first-order chi connectivity index (χ1) is 25.6. The third kappa shape index (κ3) is 11.7. The molecule has 5 rings (SSSR count). The minimum atomic E-state index is -1.57. The molecule has 10 nitrogen and oxygen atoms in total. The molecule has 0 spiro atoms. The van der Waals surface area contributed by atoms with Gasteiger partial charge >= 0.3 is 11.9 Å². The topological polar surface area (TPSA) is 108 Å². The first-order valence-corrected chi connectivity index (χ1v) is 18.9. The molecule has 2 unspecified atom stereocenters. The molecule has 2 aromatic carbocycles. The molecular formula is C40H47ClFN3O7S. The molecule has 0 amide bonds. The Labute approximate surface area is 319 Å². The second kappa shape index (κ2) is 19.8. The lowest BCUT2D eigenvalue weighted by Crippen LogP contribution is -2.34. The van der Waals surface area contributed by atoms with Gasteiger partial charge < -0.3 is 28.6 Å².